The van der Waals surface area contributed by atoms with Crippen LogP contribution in [0.1, 0.15) is 35.9 Å². The molecule has 1 amide bonds. The second-order valence-electron chi connectivity index (χ2n) is 6.13. The highest BCUT2D eigenvalue weighted by atomic mass is 16.5. The van der Waals surface area contributed by atoms with Gasteiger partial charge >= 0.3 is 0 Å². The third kappa shape index (κ3) is 3.05. The Morgan fingerprint density at radius 1 is 1.57 bits per heavy atom. The van der Waals surface area contributed by atoms with Crippen molar-refractivity contribution < 1.29 is 14.3 Å². The van der Waals surface area contributed by atoms with Crippen molar-refractivity contribution in [3.05, 3.63) is 30.1 Å². The van der Waals surface area contributed by atoms with Gasteiger partial charge in [0.1, 0.15) is 11.8 Å². The minimum atomic E-state index is -0.0354. The lowest BCUT2D eigenvalue weighted by Gasteiger charge is -2.39. The van der Waals surface area contributed by atoms with Crippen LogP contribution in [0.25, 0.3) is 0 Å². The van der Waals surface area contributed by atoms with E-state index >= 15 is 0 Å². The minimum Gasteiger partial charge on any atom is -0.372 e. The van der Waals surface area contributed by atoms with Gasteiger partial charge in [0.2, 0.25) is 0 Å². The van der Waals surface area contributed by atoms with E-state index in [1.54, 1.807) is 10.8 Å². The molecular weight excluding hydrogens is 294 g/mol. The van der Waals surface area contributed by atoms with Crippen LogP contribution in [0, 0.1) is 6.92 Å². The molecule has 1 aromatic rings. The number of morpholine rings is 1. The van der Waals surface area contributed by atoms with E-state index in [1.165, 1.54) is 0 Å². The lowest BCUT2D eigenvalue weighted by atomic mass is 10.1. The van der Waals surface area contributed by atoms with E-state index in [2.05, 4.69) is 11.7 Å². The van der Waals surface area contributed by atoms with Gasteiger partial charge in [0.25, 0.3) is 5.91 Å². The number of amides is 1. The summed E-state index contributed by atoms with van der Waals surface area (Å²) in [6.07, 6.45) is 3.59. The molecule has 1 saturated carbocycles. The van der Waals surface area contributed by atoms with Crippen LogP contribution >= 0.6 is 0 Å². The Morgan fingerprint density at radius 2 is 2.39 bits per heavy atom. The van der Waals surface area contributed by atoms with Crippen LogP contribution in [0.5, 0.6) is 0 Å². The molecule has 1 aliphatic heterocycles. The molecule has 2 fully saturated rings. The van der Waals surface area contributed by atoms with Crippen LogP contribution in [-0.4, -0.2) is 58.6 Å². The molecule has 0 radical (unpaired) electrons. The van der Waals surface area contributed by atoms with E-state index in [0.717, 1.165) is 18.5 Å². The standard InChI is InChI=1S/C17H25N3O3/c1-4-9-22-15-7-6-13-16(15)23-10-8-19(13)17(21)14-11-12(3)18-20(14)5-2/h4,11,13,15-16H,1,5-10H2,2-3H3/t13-,15-,16+/m0/s1. The Kier molecular flexibility index (Phi) is 4.82. The Bertz CT molecular complexity index is 584. The van der Waals surface area contributed by atoms with Crippen LogP contribution in [0.3, 0.4) is 0 Å². The zero-order valence-electron chi connectivity index (χ0n) is 13.9. The highest BCUT2D eigenvalue weighted by Crippen LogP contribution is 2.33. The Morgan fingerprint density at radius 3 is 3.13 bits per heavy atom. The zero-order chi connectivity index (χ0) is 16.4. The van der Waals surface area contributed by atoms with Crippen molar-refractivity contribution in [3.63, 3.8) is 0 Å². The average molecular weight is 319 g/mol. The summed E-state index contributed by atoms with van der Waals surface area (Å²) in [6, 6.07) is 1.96. The lowest BCUT2D eigenvalue weighted by Crippen LogP contribution is -2.54. The zero-order valence-corrected chi connectivity index (χ0v) is 13.9. The van der Waals surface area contributed by atoms with Crippen molar-refractivity contribution in [2.75, 3.05) is 19.8 Å². The molecule has 2 heterocycles. The number of hydrogen-bond acceptors (Lipinski definition) is 4. The van der Waals surface area contributed by atoms with Gasteiger partial charge in [0, 0.05) is 13.1 Å². The summed E-state index contributed by atoms with van der Waals surface area (Å²) in [5.41, 5.74) is 1.54. The van der Waals surface area contributed by atoms with Crippen molar-refractivity contribution >= 4 is 5.91 Å². The number of carbonyl (C=O) groups excluding carboxylic acids is 1. The first-order valence-electron chi connectivity index (χ1n) is 8.35. The van der Waals surface area contributed by atoms with E-state index < -0.39 is 0 Å². The maximum absolute atomic E-state index is 13.0. The fraction of sp³-hybridized carbons (Fsp3) is 0.647. The summed E-state index contributed by atoms with van der Waals surface area (Å²) >= 11 is 0. The number of hydrogen-bond donors (Lipinski definition) is 0. The second kappa shape index (κ2) is 6.84. The van der Waals surface area contributed by atoms with Gasteiger partial charge in [0.15, 0.2) is 0 Å². The molecule has 3 rings (SSSR count). The first-order chi connectivity index (χ1) is 11.2. The van der Waals surface area contributed by atoms with E-state index in [-0.39, 0.29) is 24.2 Å². The summed E-state index contributed by atoms with van der Waals surface area (Å²) in [5.74, 6) is 0.0510. The van der Waals surface area contributed by atoms with Crippen LogP contribution < -0.4 is 0 Å². The number of carbonyl (C=O) groups is 1. The third-order valence-electron chi connectivity index (χ3n) is 4.65. The topological polar surface area (TPSA) is 56.6 Å². The van der Waals surface area contributed by atoms with Gasteiger partial charge in [-0.25, -0.2) is 0 Å². The molecule has 1 saturated heterocycles. The van der Waals surface area contributed by atoms with Gasteiger partial charge in [-0.15, -0.1) is 6.58 Å². The highest BCUT2D eigenvalue weighted by Gasteiger charge is 2.45. The lowest BCUT2D eigenvalue weighted by molar-refractivity contribution is -0.100. The summed E-state index contributed by atoms with van der Waals surface area (Å²) in [4.78, 5) is 15.0. The molecule has 126 valence electrons. The number of fused-ring (bicyclic) bond motifs is 1. The fourth-order valence-electron chi connectivity index (χ4n) is 3.64. The van der Waals surface area contributed by atoms with Crippen molar-refractivity contribution in [2.45, 2.75) is 51.5 Å². The quantitative estimate of drug-likeness (QED) is 0.777. The average Bonchev–Trinajstić information content (AvgIpc) is 3.15. The predicted octanol–water partition coefficient (Wildman–Crippen LogP) is 1.79. The summed E-state index contributed by atoms with van der Waals surface area (Å²) in [6.45, 7) is 10.0. The third-order valence-corrected chi connectivity index (χ3v) is 4.65. The van der Waals surface area contributed by atoms with Crippen LogP contribution in [0.2, 0.25) is 0 Å². The predicted molar refractivity (Wildman–Crippen MR) is 86.4 cm³/mol. The largest absolute Gasteiger partial charge is 0.372 e. The molecule has 1 aliphatic carbocycles. The van der Waals surface area contributed by atoms with Crippen LogP contribution in [0.4, 0.5) is 0 Å². The fourth-order valence-corrected chi connectivity index (χ4v) is 3.64. The Labute approximate surface area is 137 Å². The summed E-state index contributed by atoms with van der Waals surface area (Å²) in [7, 11) is 0. The second-order valence-corrected chi connectivity index (χ2v) is 6.13. The number of aromatic nitrogens is 2. The van der Waals surface area contributed by atoms with Gasteiger partial charge in [-0.3, -0.25) is 9.48 Å². The summed E-state index contributed by atoms with van der Waals surface area (Å²) < 4.78 is 13.5. The van der Waals surface area contributed by atoms with Gasteiger partial charge in [-0.1, -0.05) is 6.08 Å². The maximum Gasteiger partial charge on any atom is 0.272 e. The molecule has 0 spiro atoms. The van der Waals surface area contributed by atoms with Gasteiger partial charge in [-0.05, 0) is 32.8 Å². The van der Waals surface area contributed by atoms with Crippen molar-refractivity contribution in [1.82, 2.24) is 14.7 Å². The molecule has 3 atom stereocenters. The van der Waals surface area contributed by atoms with Crippen molar-refractivity contribution in [2.24, 2.45) is 0 Å². The van der Waals surface area contributed by atoms with E-state index in [0.29, 0.717) is 32.0 Å². The number of aryl methyl sites for hydroxylation is 2. The van der Waals surface area contributed by atoms with Gasteiger partial charge in [-0.2, -0.15) is 5.10 Å². The molecule has 2 aliphatic rings. The molecule has 1 aromatic heterocycles. The first kappa shape index (κ1) is 16.2. The molecule has 0 N–H and O–H groups in total. The number of nitrogens with zero attached hydrogens (tertiary/aromatic N) is 3. The molecule has 23 heavy (non-hydrogen) atoms. The number of rotatable bonds is 5. The van der Waals surface area contributed by atoms with Crippen molar-refractivity contribution in [3.8, 4) is 0 Å². The smallest absolute Gasteiger partial charge is 0.272 e. The Balaban J connectivity index is 1.77. The van der Waals surface area contributed by atoms with Crippen LogP contribution in [0.15, 0.2) is 18.7 Å². The minimum absolute atomic E-state index is 0.0354. The highest BCUT2D eigenvalue weighted by molar-refractivity contribution is 5.93. The first-order valence-corrected chi connectivity index (χ1v) is 8.35. The van der Waals surface area contributed by atoms with Gasteiger partial charge < -0.3 is 14.4 Å². The molecule has 6 heteroatoms. The number of ether oxygens (including phenoxy) is 2. The normalized spacial score (nSPS) is 27.0. The SMILES string of the molecule is C=CCO[C@H]1CC[C@H]2[C@H]1OCCN2C(=O)c1cc(C)nn1CC. The molecule has 0 aromatic carbocycles. The van der Waals surface area contributed by atoms with E-state index in [9.17, 15) is 4.79 Å². The molecule has 0 unspecified atom stereocenters. The monoisotopic (exact) mass is 319 g/mol. The summed E-state index contributed by atoms with van der Waals surface area (Å²) in [5, 5.41) is 4.39. The molecule has 6 nitrogen and oxygen atoms in total. The molecule has 0 bridgehead atoms. The van der Waals surface area contributed by atoms with Crippen molar-refractivity contribution in [1.29, 1.82) is 0 Å². The maximum atomic E-state index is 13.0. The van der Waals surface area contributed by atoms with Gasteiger partial charge in [0.05, 0.1) is 31.1 Å². The molecular formula is C17H25N3O3. The van der Waals surface area contributed by atoms with E-state index in [4.69, 9.17) is 9.47 Å². The van der Waals surface area contributed by atoms with Crippen LogP contribution in [-0.2, 0) is 16.0 Å². The van der Waals surface area contributed by atoms with E-state index in [1.807, 2.05) is 24.8 Å². The Hall–Kier alpha value is -1.66.